The molecule has 2 aliphatic rings. The highest BCUT2D eigenvalue weighted by Crippen LogP contribution is 2.36. The average molecular weight is 432 g/mol. The molecule has 0 bridgehead atoms. The molecule has 1 fully saturated rings. The number of hydrogen-bond donors (Lipinski definition) is 1. The van der Waals surface area contributed by atoms with E-state index in [9.17, 15) is 22.8 Å². The van der Waals surface area contributed by atoms with Gasteiger partial charge in [-0.25, -0.2) is 0 Å². The first kappa shape index (κ1) is 21.2. The number of halogens is 3. The zero-order valence-electron chi connectivity index (χ0n) is 16.9. The molecule has 2 aromatic rings. The van der Waals surface area contributed by atoms with Gasteiger partial charge in [-0.1, -0.05) is 12.1 Å². The van der Waals surface area contributed by atoms with Gasteiger partial charge in [0.15, 0.2) is 0 Å². The van der Waals surface area contributed by atoms with Gasteiger partial charge in [0, 0.05) is 44.1 Å². The van der Waals surface area contributed by atoms with Crippen molar-refractivity contribution in [1.29, 1.82) is 0 Å². The predicted octanol–water partition coefficient (Wildman–Crippen LogP) is 3.10. The maximum atomic E-state index is 13.1. The smallest absolute Gasteiger partial charge is 0.398 e. The number of fused-ring (bicyclic) bond motifs is 1. The summed E-state index contributed by atoms with van der Waals surface area (Å²) in [7, 11) is 0. The Morgan fingerprint density at radius 3 is 2.06 bits per heavy atom. The highest BCUT2D eigenvalue weighted by molar-refractivity contribution is 6.21. The number of amides is 2. The van der Waals surface area contributed by atoms with Gasteiger partial charge in [-0.3, -0.25) is 19.4 Å². The van der Waals surface area contributed by atoms with Crippen molar-refractivity contribution < 1.29 is 22.8 Å². The number of benzene rings is 2. The molecule has 2 aromatic carbocycles. The number of alkyl halides is 3. The summed E-state index contributed by atoms with van der Waals surface area (Å²) >= 11 is 0. The Morgan fingerprint density at radius 2 is 1.48 bits per heavy atom. The first-order valence-electron chi connectivity index (χ1n) is 10.1. The zero-order chi connectivity index (χ0) is 22.2. The second kappa shape index (κ2) is 8.22. The molecule has 0 radical (unpaired) electrons. The SMILES string of the molecule is Nc1ccc(N2CCN(CCCN3C(=O)c4ccccc4C3=O)CC2)cc1C(F)(F)F. The van der Waals surface area contributed by atoms with Gasteiger partial charge in [0.1, 0.15) is 0 Å². The zero-order valence-corrected chi connectivity index (χ0v) is 16.9. The fourth-order valence-corrected chi connectivity index (χ4v) is 4.11. The molecule has 2 heterocycles. The van der Waals surface area contributed by atoms with Gasteiger partial charge in [-0.2, -0.15) is 13.2 Å². The van der Waals surface area contributed by atoms with Crippen LogP contribution in [0, 0.1) is 0 Å². The van der Waals surface area contributed by atoms with Gasteiger partial charge in [-0.15, -0.1) is 0 Å². The van der Waals surface area contributed by atoms with E-state index in [1.165, 1.54) is 11.0 Å². The maximum Gasteiger partial charge on any atom is 0.418 e. The van der Waals surface area contributed by atoms with Gasteiger partial charge < -0.3 is 10.6 Å². The Balaban J connectivity index is 1.28. The van der Waals surface area contributed by atoms with Gasteiger partial charge in [0.25, 0.3) is 11.8 Å². The summed E-state index contributed by atoms with van der Waals surface area (Å²) in [5.41, 5.74) is 5.80. The van der Waals surface area contributed by atoms with Crippen molar-refractivity contribution in [2.24, 2.45) is 0 Å². The minimum Gasteiger partial charge on any atom is -0.398 e. The molecule has 2 amide bonds. The third-order valence-electron chi connectivity index (χ3n) is 5.81. The van der Waals surface area contributed by atoms with E-state index in [0.717, 1.165) is 6.07 Å². The molecule has 0 spiro atoms. The van der Waals surface area contributed by atoms with Crippen molar-refractivity contribution in [1.82, 2.24) is 9.80 Å². The molecule has 9 heteroatoms. The van der Waals surface area contributed by atoms with Crippen LogP contribution in [-0.2, 0) is 6.18 Å². The topological polar surface area (TPSA) is 69.9 Å². The van der Waals surface area contributed by atoms with E-state index >= 15 is 0 Å². The van der Waals surface area contributed by atoms with Crippen LogP contribution >= 0.6 is 0 Å². The molecule has 2 N–H and O–H groups in total. The summed E-state index contributed by atoms with van der Waals surface area (Å²) in [4.78, 5) is 30.2. The molecule has 31 heavy (non-hydrogen) atoms. The molecule has 2 aliphatic heterocycles. The average Bonchev–Trinajstić information content (AvgIpc) is 2.99. The number of nitrogens with zero attached hydrogens (tertiary/aromatic N) is 3. The van der Waals surface area contributed by atoms with Gasteiger partial charge >= 0.3 is 6.18 Å². The summed E-state index contributed by atoms with van der Waals surface area (Å²) in [5, 5.41) is 0. The van der Waals surface area contributed by atoms with E-state index in [1.807, 2.05) is 4.90 Å². The first-order chi connectivity index (χ1) is 14.8. The number of rotatable bonds is 5. The van der Waals surface area contributed by atoms with E-state index in [-0.39, 0.29) is 17.5 Å². The lowest BCUT2D eigenvalue weighted by molar-refractivity contribution is -0.136. The highest BCUT2D eigenvalue weighted by atomic mass is 19.4. The lowest BCUT2D eigenvalue weighted by Crippen LogP contribution is -2.47. The summed E-state index contributed by atoms with van der Waals surface area (Å²) < 4.78 is 39.3. The van der Waals surface area contributed by atoms with Crippen LogP contribution in [0.3, 0.4) is 0 Å². The van der Waals surface area contributed by atoms with Crippen LogP contribution in [0.2, 0.25) is 0 Å². The summed E-state index contributed by atoms with van der Waals surface area (Å²) in [6.07, 6.45) is -3.84. The van der Waals surface area contributed by atoms with Gasteiger partial charge in [0.05, 0.1) is 16.7 Å². The van der Waals surface area contributed by atoms with E-state index < -0.39 is 11.7 Å². The molecule has 0 aliphatic carbocycles. The molecule has 0 atom stereocenters. The monoisotopic (exact) mass is 432 g/mol. The van der Waals surface area contributed by atoms with Crippen molar-refractivity contribution >= 4 is 23.2 Å². The maximum absolute atomic E-state index is 13.1. The minimum absolute atomic E-state index is 0.255. The summed E-state index contributed by atoms with van der Waals surface area (Å²) in [6, 6.07) is 10.8. The van der Waals surface area contributed by atoms with Crippen molar-refractivity contribution in [3.63, 3.8) is 0 Å². The number of anilines is 2. The lowest BCUT2D eigenvalue weighted by atomic mass is 10.1. The van der Waals surface area contributed by atoms with Gasteiger partial charge in [0.2, 0.25) is 0 Å². The van der Waals surface area contributed by atoms with Crippen molar-refractivity contribution in [3.05, 3.63) is 59.2 Å². The Kier molecular flexibility index (Phi) is 5.62. The Morgan fingerprint density at radius 1 is 0.871 bits per heavy atom. The van der Waals surface area contributed by atoms with Gasteiger partial charge in [-0.05, 0) is 43.3 Å². The molecular formula is C22H23F3N4O2. The van der Waals surface area contributed by atoms with Crippen molar-refractivity contribution in [3.8, 4) is 0 Å². The molecule has 164 valence electrons. The number of carbonyl (C=O) groups is 2. The highest BCUT2D eigenvalue weighted by Gasteiger charge is 2.35. The normalized spacial score (nSPS) is 17.4. The third-order valence-corrected chi connectivity index (χ3v) is 5.81. The second-order valence-electron chi connectivity index (χ2n) is 7.76. The molecule has 0 saturated carbocycles. The summed E-state index contributed by atoms with van der Waals surface area (Å²) in [5.74, 6) is -0.511. The number of carbonyl (C=O) groups excluding carboxylic acids is 2. The quantitative estimate of drug-likeness (QED) is 0.581. The number of nitrogens with two attached hydrogens (primary N) is 1. The third kappa shape index (κ3) is 4.23. The van der Waals surface area contributed by atoms with Crippen LogP contribution in [0.1, 0.15) is 32.7 Å². The molecule has 0 unspecified atom stereocenters. The number of imide groups is 1. The summed E-state index contributed by atoms with van der Waals surface area (Å²) in [6.45, 7) is 3.61. The second-order valence-corrected chi connectivity index (χ2v) is 7.76. The standard InChI is InChI=1S/C22H23F3N4O2/c23-22(24,25)18-14-15(6-7-19(18)26)28-12-10-27(11-13-28)8-3-9-29-20(30)16-4-1-2-5-17(16)21(29)31/h1-2,4-7,14H,3,8-13,26H2. The van der Waals surface area contributed by atoms with Crippen LogP contribution in [0.15, 0.2) is 42.5 Å². The fourth-order valence-electron chi connectivity index (χ4n) is 4.11. The number of nitrogen functional groups attached to an aromatic ring is 1. The molecule has 4 rings (SSSR count). The van der Waals surface area contributed by atoms with Crippen LogP contribution in [-0.4, -0.2) is 60.9 Å². The molecule has 6 nitrogen and oxygen atoms in total. The Hall–Kier alpha value is -3.07. The predicted molar refractivity (Wildman–Crippen MR) is 111 cm³/mol. The lowest BCUT2D eigenvalue weighted by Gasteiger charge is -2.36. The van der Waals surface area contributed by atoms with Crippen LogP contribution in [0.5, 0.6) is 0 Å². The number of piperazine rings is 1. The molecule has 1 saturated heterocycles. The first-order valence-corrected chi connectivity index (χ1v) is 10.1. The van der Waals surface area contributed by atoms with Crippen molar-refractivity contribution in [2.75, 3.05) is 49.9 Å². The fraction of sp³-hybridized carbons (Fsp3) is 0.364. The van der Waals surface area contributed by atoms with Crippen LogP contribution in [0.25, 0.3) is 0 Å². The van der Waals surface area contributed by atoms with E-state index in [1.54, 1.807) is 30.3 Å². The van der Waals surface area contributed by atoms with E-state index in [4.69, 9.17) is 5.73 Å². The largest absolute Gasteiger partial charge is 0.418 e. The van der Waals surface area contributed by atoms with Crippen molar-refractivity contribution in [2.45, 2.75) is 12.6 Å². The van der Waals surface area contributed by atoms with E-state index in [0.29, 0.717) is 62.5 Å². The van der Waals surface area contributed by atoms with Crippen LogP contribution in [0.4, 0.5) is 24.5 Å². The molecular weight excluding hydrogens is 409 g/mol. The molecule has 0 aromatic heterocycles. The number of hydrogen-bond acceptors (Lipinski definition) is 5. The Labute approximate surface area is 178 Å². The minimum atomic E-state index is -4.48. The van der Waals surface area contributed by atoms with E-state index in [2.05, 4.69) is 4.90 Å². The Bertz CT molecular complexity index is 965. The van der Waals surface area contributed by atoms with Crippen LogP contribution < -0.4 is 10.6 Å².